The maximum Gasteiger partial charge on any atom is 0.254 e. The molecule has 2 N–H and O–H groups in total. The molecule has 7 nitrogen and oxygen atoms in total. The molecule has 0 radical (unpaired) electrons. The number of amides is 1. The number of hydrogen-bond acceptors (Lipinski definition) is 5. The Morgan fingerprint density at radius 3 is 2.38 bits per heavy atom. The molecule has 0 bridgehead atoms. The molecule has 168 valence electrons. The normalized spacial score (nSPS) is 11.0. The molecule has 0 atom stereocenters. The molecule has 1 aromatic heterocycles. The maximum absolute atomic E-state index is 14.3. The average molecular weight is 444 g/mol. The zero-order valence-corrected chi connectivity index (χ0v) is 17.5. The molecule has 3 aromatic rings. The molecule has 0 spiro atoms. The summed E-state index contributed by atoms with van der Waals surface area (Å²) in [7, 11) is 2.70. The molecular formula is C23H22F2N2O5. The molecule has 0 saturated heterocycles. The van der Waals surface area contributed by atoms with Crippen LogP contribution in [0.5, 0.6) is 5.75 Å². The number of carbonyl (C=O) groups is 1. The molecule has 1 heterocycles. The molecule has 3 rings (SSSR count). The second-order valence-electron chi connectivity index (χ2n) is 6.89. The van der Waals surface area contributed by atoms with E-state index in [9.17, 15) is 18.4 Å². The maximum atomic E-state index is 14.3. The van der Waals surface area contributed by atoms with E-state index >= 15 is 0 Å². The van der Waals surface area contributed by atoms with E-state index in [1.54, 1.807) is 12.1 Å². The van der Waals surface area contributed by atoms with Crippen LogP contribution >= 0.6 is 0 Å². The van der Waals surface area contributed by atoms with Crippen molar-refractivity contribution in [3.63, 3.8) is 0 Å². The average Bonchev–Trinajstić information content (AvgIpc) is 2.77. The van der Waals surface area contributed by atoms with Crippen LogP contribution < -0.4 is 15.9 Å². The van der Waals surface area contributed by atoms with Crippen molar-refractivity contribution in [2.24, 2.45) is 5.73 Å². The first kappa shape index (κ1) is 23.1. The zero-order chi connectivity index (χ0) is 23.3. The summed E-state index contributed by atoms with van der Waals surface area (Å²) < 4.78 is 45.5. The minimum absolute atomic E-state index is 0.0103. The van der Waals surface area contributed by atoms with Gasteiger partial charge in [0.25, 0.3) is 5.91 Å². The number of aromatic nitrogens is 1. The lowest BCUT2D eigenvalue weighted by atomic mass is 10.1. The van der Waals surface area contributed by atoms with Gasteiger partial charge in [-0.05, 0) is 11.6 Å². The highest BCUT2D eigenvalue weighted by Crippen LogP contribution is 2.28. The minimum Gasteiger partial charge on any atom is -0.483 e. The predicted molar refractivity (Wildman–Crippen MR) is 112 cm³/mol. The molecule has 0 aliphatic rings. The van der Waals surface area contributed by atoms with Crippen LogP contribution in [0.2, 0.25) is 0 Å². The van der Waals surface area contributed by atoms with Gasteiger partial charge in [-0.3, -0.25) is 9.59 Å². The number of nitrogens with zero attached hydrogens (tertiary/aromatic N) is 1. The van der Waals surface area contributed by atoms with Gasteiger partial charge in [0.1, 0.15) is 29.5 Å². The summed E-state index contributed by atoms with van der Waals surface area (Å²) in [6, 6.07) is 12.1. The zero-order valence-electron chi connectivity index (χ0n) is 17.5. The van der Waals surface area contributed by atoms with Gasteiger partial charge in [0.2, 0.25) is 11.7 Å². The molecular weight excluding hydrogens is 422 g/mol. The quantitative estimate of drug-likeness (QED) is 0.512. The molecule has 1 amide bonds. The van der Waals surface area contributed by atoms with Crippen molar-refractivity contribution in [1.29, 1.82) is 0 Å². The molecule has 9 heteroatoms. The van der Waals surface area contributed by atoms with Crippen molar-refractivity contribution in [1.82, 2.24) is 4.57 Å². The van der Waals surface area contributed by atoms with E-state index in [2.05, 4.69) is 0 Å². The van der Waals surface area contributed by atoms with Gasteiger partial charge in [-0.15, -0.1) is 0 Å². The van der Waals surface area contributed by atoms with E-state index in [1.165, 1.54) is 31.0 Å². The molecule has 2 aromatic carbocycles. The van der Waals surface area contributed by atoms with E-state index < -0.39 is 29.3 Å². The van der Waals surface area contributed by atoms with Gasteiger partial charge in [-0.1, -0.05) is 36.4 Å². The Kier molecular flexibility index (Phi) is 7.34. The summed E-state index contributed by atoms with van der Waals surface area (Å²) in [6.45, 7) is -0.163. The lowest BCUT2D eigenvalue weighted by molar-refractivity contribution is -0.112. The Morgan fingerprint density at radius 2 is 1.78 bits per heavy atom. The van der Waals surface area contributed by atoms with Crippen LogP contribution in [0.4, 0.5) is 8.78 Å². The third-order valence-electron chi connectivity index (χ3n) is 4.78. The minimum atomic E-state index is -1.08. The highest BCUT2D eigenvalue weighted by molar-refractivity contribution is 5.92. The summed E-state index contributed by atoms with van der Waals surface area (Å²) in [5.41, 5.74) is 5.28. The van der Waals surface area contributed by atoms with Crippen LogP contribution in [0.3, 0.4) is 0 Å². The number of hydrogen-bond donors (Lipinski definition) is 1. The van der Waals surface area contributed by atoms with Gasteiger partial charge in [-0.25, -0.2) is 8.78 Å². The topological polar surface area (TPSA) is 92.8 Å². The molecule has 0 fully saturated rings. The van der Waals surface area contributed by atoms with Gasteiger partial charge in [0, 0.05) is 32.0 Å². The number of methoxy groups -OCH3 is 2. The van der Waals surface area contributed by atoms with E-state index in [0.29, 0.717) is 0 Å². The highest BCUT2D eigenvalue weighted by Gasteiger charge is 2.27. The van der Waals surface area contributed by atoms with Gasteiger partial charge < -0.3 is 24.5 Å². The van der Waals surface area contributed by atoms with E-state index in [0.717, 1.165) is 17.7 Å². The molecule has 0 unspecified atom stereocenters. The van der Waals surface area contributed by atoms with Crippen LogP contribution in [0.25, 0.3) is 0 Å². The van der Waals surface area contributed by atoms with Gasteiger partial charge >= 0.3 is 0 Å². The molecule has 0 saturated carbocycles. The van der Waals surface area contributed by atoms with Crippen LogP contribution in [0, 0.1) is 11.6 Å². The van der Waals surface area contributed by atoms with Crippen molar-refractivity contribution in [2.75, 3.05) is 14.2 Å². The molecule has 0 aliphatic carbocycles. The largest absolute Gasteiger partial charge is 0.483 e. The fourth-order valence-corrected chi connectivity index (χ4v) is 3.22. The predicted octanol–water partition coefficient (Wildman–Crippen LogP) is 3.14. The third kappa shape index (κ3) is 5.01. The first-order valence-corrected chi connectivity index (χ1v) is 9.59. The van der Waals surface area contributed by atoms with E-state index in [-0.39, 0.29) is 35.7 Å². The second kappa shape index (κ2) is 10.2. The van der Waals surface area contributed by atoms with Gasteiger partial charge in [0.15, 0.2) is 5.75 Å². The van der Waals surface area contributed by atoms with E-state index in [1.807, 2.05) is 18.2 Å². The number of pyridine rings is 1. The van der Waals surface area contributed by atoms with Gasteiger partial charge in [0.05, 0.1) is 6.54 Å². The summed E-state index contributed by atoms with van der Waals surface area (Å²) in [5, 5.41) is 0. The summed E-state index contributed by atoms with van der Waals surface area (Å²) in [4.78, 5) is 25.0. The Bertz CT molecular complexity index is 1160. The van der Waals surface area contributed by atoms with Crippen molar-refractivity contribution in [3.8, 4) is 5.75 Å². The fraction of sp³-hybridized carbons (Fsp3) is 0.217. The van der Waals surface area contributed by atoms with Crippen molar-refractivity contribution in [2.45, 2.75) is 19.4 Å². The SMILES string of the molecule is COC(OC)c1c(OCc2ccccc2)c(=O)c(C(N)=O)cn1Cc1ccc(F)cc1F. The van der Waals surface area contributed by atoms with Crippen LogP contribution in [0.1, 0.15) is 33.5 Å². The fourth-order valence-electron chi connectivity index (χ4n) is 3.22. The third-order valence-corrected chi connectivity index (χ3v) is 4.78. The summed E-state index contributed by atoms with van der Waals surface area (Å²) >= 11 is 0. The number of carbonyl (C=O) groups excluding carboxylic acids is 1. The monoisotopic (exact) mass is 444 g/mol. The van der Waals surface area contributed by atoms with Crippen molar-refractivity contribution in [3.05, 3.63) is 99.0 Å². The molecule has 0 aliphatic heterocycles. The number of halogens is 2. The Labute approximate surface area is 182 Å². The van der Waals surface area contributed by atoms with E-state index in [4.69, 9.17) is 19.9 Å². The Hall–Kier alpha value is -3.56. The lowest BCUT2D eigenvalue weighted by Gasteiger charge is -2.24. The number of ether oxygens (including phenoxy) is 3. The van der Waals surface area contributed by atoms with Crippen LogP contribution in [-0.2, 0) is 22.6 Å². The van der Waals surface area contributed by atoms with Crippen molar-refractivity contribution < 1.29 is 27.8 Å². The van der Waals surface area contributed by atoms with Gasteiger partial charge in [-0.2, -0.15) is 0 Å². The Balaban J connectivity index is 2.17. The second-order valence-corrected chi connectivity index (χ2v) is 6.89. The number of primary amides is 1. The number of benzene rings is 2. The Morgan fingerprint density at radius 1 is 1.09 bits per heavy atom. The summed E-state index contributed by atoms with van der Waals surface area (Å²) in [5.74, 6) is -2.73. The first-order chi connectivity index (χ1) is 15.3. The highest BCUT2D eigenvalue weighted by atomic mass is 19.1. The number of nitrogens with two attached hydrogens (primary N) is 1. The van der Waals surface area contributed by atoms with Crippen LogP contribution in [-0.4, -0.2) is 24.7 Å². The smallest absolute Gasteiger partial charge is 0.254 e. The lowest BCUT2D eigenvalue weighted by Crippen LogP contribution is -2.29. The molecule has 32 heavy (non-hydrogen) atoms. The summed E-state index contributed by atoms with van der Waals surface area (Å²) in [6.07, 6.45) is 0.0994. The van der Waals surface area contributed by atoms with Crippen LogP contribution in [0.15, 0.2) is 59.5 Å². The first-order valence-electron chi connectivity index (χ1n) is 9.59. The van der Waals surface area contributed by atoms with Crippen molar-refractivity contribution >= 4 is 5.91 Å². The standard InChI is InChI=1S/C23H22F2N2O5/c1-30-23(31-2)19-21(32-13-14-6-4-3-5-7-14)20(28)17(22(26)29)12-27(19)11-15-8-9-16(24)10-18(15)25/h3-10,12,23H,11,13H2,1-2H3,(H2,26,29). The number of rotatable bonds is 9.